The second-order valence-corrected chi connectivity index (χ2v) is 7.00. The number of hydrogen-bond acceptors (Lipinski definition) is 2. The highest BCUT2D eigenvalue weighted by Gasteiger charge is 2.39. The van der Waals surface area contributed by atoms with Crippen LogP contribution in [0.1, 0.15) is 57.2 Å². The zero-order valence-electron chi connectivity index (χ0n) is 13.8. The molecule has 0 bridgehead atoms. The van der Waals surface area contributed by atoms with Crippen LogP contribution in [0.5, 0.6) is 0 Å². The number of piperidine rings is 1. The third-order valence-corrected chi connectivity index (χ3v) is 5.67. The van der Waals surface area contributed by atoms with Crippen LogP contribution in [0.3, 0.4) is 0 Å². The first kappa shape index (κ1) is 15.1. The average molecular weight is 286 g/mol. The van der Waals surface area contributed by atoms with E-state index < -0.39 is 0 Å². The molecule has 1 heterocycles. The Labute approximate surface area is 129 Å². The zero-order valence-corrected chi connectivity index (χ0v) is 13.8. The van der Waals surface area contributed by atoms with Gasteiger partial charge in [0.2, 0.25) is 0 Å². The normalized spacial score (nSPS) is 33.1. The van der Waals surface area contributed by atoms with E-state index in [1.807, 2.05) is 0 Å². The number of hydrogen-bond donors (Lipinski definition) is 1. The lowest BCUT2D eigenvalue weighted by Gasteiger charge is -2.44. The standard InChI is InChI=1S/C19H30N2/c1-4-11-20-19-17-10-6-5-9-16(17)13-18(19)21-12-7-8-14(2)15(21)3/h5-6,9-10,14-15,18-20H,4,7-8,11-13H2,1-3H3. The molecule has 1 aromatic carbocycles. The molecule has 1 aliphatic carbocycles. The van der Waals surface area contributed by atoms with Crippen LogP contribution in [0.15, 0.2) is 24.3 Å². The Morgan fingerprint density at radius 3 is 2.86 bits per heavy atom. The summed E-state index contributed by atoms with van der Waals surface area (Å²) in [6, 6.07) is 10.9. The van der Waals surface area contributed by atoms with E-state index in [1.54, 1.807) is 11.1 Å². The summed E-state index contributed by atoms with van der Waals surface area (Å²) in [6.45, 7) is 9.51. The first-order chi connectivity index (χ1) is 10.2. The molecule has 4 unspecified atom stereocenters. The van der Waals surface area contributed by atoms with E-state index in [9.17, 15) is 0 Å². The first-order valence-corrected chi connectivity index (χ1v) is 8.79. The molecule has 3 rings (SSSR count). The molecule has 116 valence electrons. The van der Waals surface area contributed by atoms with E-state index in [4.69, 9.17) is 0 Å². The maximum atomic E-state index is 3.83. The second kappa shape index (κ2) is 6.50. The maximum absolute atomic E-state index is 3.83. The van der Waals surface area contributed by atoms with Gasteiger partial charge in [-0.15, -0.1) is 0 Å². The van der Waals surface area contributed by atoms with Crippen molar-refractivity contribution in [1.29, 1.82) is 0 Å². The molecule has 1 aromatic rings. The molecular formula is C19H30N2. The highest BCUT2D eigenvalue weighted by molar-refractivity contribution is 5.37. The van der Waals surface area contributed by atoms with Crippen LogP contribution in [0.4, 0.5) is 0 Å². The molecule has 0 aromatic heterocycles. The maximum Gasteiger partial charge on any atom is 0.0484 e. The van der Waals surface area contributed by atoms with Gasteiger partial charge in [-0.25, -0.2) is 0 Å². The minimum atomic E-state index is 0.522. The Morgan fingerprint density at radius 2 is 2.05 bits per heavy atom. The smallest absolute Gasteiger partial charge is 0.0484 e. The van der Waals surface area contributed by atoms with Gasteiger partial charge in [-0.05, 0) is 62.7 Å². The van der Waals surface area contributed by atoms with Crippen LogP contribution in [0, 0.1) is 5.92 Å². The van der Waals surface area contributed by atoms with Crippen LogP contribution < -0.4 is 5.32 Å². The fourth-order valence-corrected chi connectivity index (χ4v) is 4.26. The number of fused-ring (bicyclic) bond motifs is 1. The fraction of sp³-hybridized carbons (Fsp3) is 0.684. The van der Waals surface area contributed by atoms with Crippen molar-refractivity contribution in [2.45, 2.75) is 64.6 Å². The van der Waals surface area contributed by atoms with E-state index in [2.05, 4.69) is 55.3 Å². The largest absolute Gasteiger partial charge is 0.309 e. The molecule has 0 saturated carbocycles. The number of nitrogens with zero attached hydrogens (tertiary/aromatic N) is 1. The fourth-order valence-electron chi connectivity index (χ4n) is 4.26. The van der Waals surface area contributed by atoms with Crippen molar-refractivity contribution in [3.05, 3.63) is 35.4 Å². The molecule has 0 amide bonds. The summed E-state index contributed by atoms with van der Waals surface area (Å²) in [5, 5.41) is 3.83. The van der Waals surface area contributed by atoms with Gasteiger partial charge in [0.1, 0.15) is 0 Å². The van der Waals surface area contributed by atoms with Crippen molar-refractivity contribution >= 4 is 0 Å². The third kappa shape index (κ3) is 2.89. The molecule has 2 nitrogen and oxygen atoms in total. The lowest BCUT2D eigenvalue weighted by Crippen LogP contribution is -2.52. The summed E-state index contributed by atoms with van der Waals surface area (Å²) >= 11 is 0. The van der Waals surface area contributed by atoms with Gasteiger partial charge < -0.3 is 5.32 Å². The molecule has 0 spiro atoms. The van der Waals surface area contributed by atoms with Gasteiger partial charge in [0.05, 0.1) is 0 Å². The number of likely N-dealkylation sites (tertiary alicyclic amines) is 1. The summed E-state index contributed by atoms with van der Waals surface area (Å²) in [5.74, 6) is 0.828. The van der Waals surface area contributed by atoms with Crippen LogP contribution in [0.25, 0.3) is 0 Å². The molecular weight excluding hydrogens is 256 g/mol. The van der Waals surface area contributed by atoms with E-state index in [-0.39, 0.29) is 0 Å². The predicted octanol–water partition coefficient (Wildman–Crippen LogP) is 3.77. The van der Waals surface area contributed by atoms with Crippen molar-refractivity contribution in [3.63, 3.8) is 0 Å². The summed E-state index contributed by atoms with van der Waals surface area (Å²) in [4.78, 5) is 2.79. The second-order valence-electron chi connectivity index (χ2n) is 7.00. The van der Waals surface area contributed by atoms with E-state index >= 15 is 0 Å². The molecule has 0 radical (unpaired) electrons. The zero-order chi connectivity index (χ0) is 14.8. The van der Waals surface area contributed by atoms with Crippen LogP contribution >= 0.6 is 0 Å². The van der Waals surface area contributed by atoms with Gasteiger partial charge in [0.25, 0.3) is 0 Å². The van der Waals surface area contributed by atoms with Crippen molar-refractivity contribution in [1.82, 2.24) is 10.2 Å². The molecule has 2 heteroatoms. The molecule has 1 N–H and O–H groups in total. The van der Waals surface area contributed by atoms with Crippen molar-refractivity contribution in [2.75, 3.05) is 13.1 Å². The molecule has 1 saturated heterocycles. The van der Waals surface area contributed by atoms with Gasteiger partial charge >= 0.3 is 0 Å². The minimum absolute atomic E-state index is 0.522. The van der Waals surface area contributed by atoms with Gasteiger partial charge in [-0.1, -0.05) is 38.1 Å². The lowest BCUT2D eigenvalue weighted by atomic mass is 9.89. The predicted molar refractivity (Wildman–Crippen MR) is 89.5 cm³/mol. The Balaban J connectivity index is 1.84. The van der Waals surface area contributed by atoms with Crippen LogP contribution in [-0.2, 0) is 6.42 Å². The SMILES string of the molecule is CCCNC1c2ccccc2CC1N1CCCC(C)C1C. The van der Waals surface area contributed by atoms with Gasteiger partial charge in [0.15, 0.2) is 0 Å². The molecule has 2 aliphatic rings. The minimum Gasteiger partial charge on any atom is -0.309 e. The monoisotopic (exact) mass is 286 g/mol. The number of nitrogens with one attached hydrogen (secondary N) is 1. The summed E-state index contributed by atoms with van der Waals surface area (Å²) in [7, 11) is 0. The molecule has 21 heavy (non-hydrogen) atoms. The molecule has 1 fully saturated rings. The Morgan fingerprint density at radius 1 is 1.24 bits per heavy atom. The van der Waals surface area contributed by atoms with Gasteiger partial charge in [-0.3, -0.25) is 4.90 Å². The van der Waals surface area contributed by atoms with Crippen LogP contribution in [-0.4, -0.2) is 30.1 Å². The Kier molecular flexibility index (Phi) is 4.66. The van der Waals surface area contributed by atoms with E-state index in [0.29, 0.717) is 18.1 Å². The van der Waals surface area contributed by atoms with Gasteiger partial charge in [0, 0.05) is 18.1 Å². The summed E-state index contributed by atoms with van der Waals surface area (Å²) in [6.07, 6.45) is 5.18. The quantitative estimate of drug-likeness (QED) is 0.906. The third-order valence-electron chi connectivity index (χ3n) is 5.67. The highest BCUT2D eigenvalue weighted by atomic mass is 15.2. The van der Waals surface area contributed by atoms with Crippen molar-refractivity contribution in [3.8, 4) is 0 Å². The van der Waals surface area contributed by atoms with Crippen molar-refractivity contribution < 1.29 is 0 Å². The summed E-state index contributed by atoms with van der Waals surface area (Å²) < 4.78 is 0. The Hall–Kier alpha value is -0.860. The Bertz CT molecular complexity index is 470. The average Bonchev–Trinajstić information content (AvgIpc) is 2.86. The first-order valence-electron chi connectivity index (χ1n) is 8.79. The topological polar surface area (TPSA) is 15.3 Å². The highest BCUT2D eigenvalue weighted by Crippen LogP contribution is 2.38. The molecule has 1 aliphatic heterocycles. The summed E-state index contributed by atoms with van der Waals surface area (Å²) in [5.41, 5.74) is 3.10. The lowest BCUT2D eigenvalue weighted by molar-refractivity contribution is 0.0550. The van der Waals surface area contributed by atoms with E-state index in [1.165, 1.54) is 32.2 Å². The number of benzene rings is 1. The van der Waals surface area contributed by atoms with E-state index in [0.717, 1.165) is 12.5 Å². The van der Waals surface area contributed by atoms with Gasteiger partial charge in [-0.2, -0.15) is 0 Å². The van der Waals surface area contributed by atoms with Crippen molar-refractivity contribution in [2.24, 2.45) is 5.92 Å². The van der Waals surface area contributed by atoms with Crippen LogP contribution in [0.2, 0.25) is 0 Å². The number of rotatable bonds is 4. The molecule has 4 atom stereocenters.